The number of amides is 1. The summed E-state index contributed by atoms with van der Waals surface area (Å²) in [5.41, 5.74) is 1.60. The molecule has 1 atom stereocenters. The minimum absolute atomic E-state index is 0.0853. The molecule has 1 N–H and O–H groups in total. The zero-order chi connectivity index (χ0) is 22.6. The van der Waals surface area contributed by atoms with Crippen LogP contribution in [0.4, 0.5) is 0 Å². The quantitative estimate of drug-likeness (QED) is 0.659. The van der Waals surface area contributed by atoms with Gasteiger partial charge in [0, 0.05) is 25.2 Å². The number of carbonyl (C=O) groups excluding carboxylic acids is 1. The Kier molecular flexibility index (Phi) is 7.13. The van der Waals surface area contributed by atoms with Crippen molar-refractivity contribution in [3.63, 3.8) is 0 Å². The van der Waals surface area contributed by atoms with Crippen LogP contribution in [0.2, 0.25) is 0 Å². The Hall–Kier alpha value is -2.42. The third kappa shape index (κ3) is 4.98. The molecule has 172 valence electrons. The van der Waals surface area contributed by atoms with E-state index in [4.69, 9.17) is 4.74 Å². The molecule has 0 unspecified atom stereocenters. The van der Waals surface area contributed by atoms with Crippen molar-refractivity contribution in [2.75, 3.05) is 39.8 Å². The largest absolute Gasteiger partial charge is 0.497 e. The first kappa shape index (κ1) is 22.8. The Morgan fingerprint density at radius 2 is 1.53 bits per heavy atom. The summed E-state index contributed by atoms with van der Waals surface area (Å²) in [5.74, 6) is 0.606. The summed E-state index contributed by atoms with van der Waals surface area (Å²) in [4.78, 5) is 15.4. The number of nitrogens with zero attached hydrogens (tertiary/aromatic N) is 2. The third-order valence-corrected chi connectivity index (χ3v) is 8.27. The number of carbonyl (C=O) groups is 1. The first-order chi connectivity index (χ1) is 15.5. The monoisotopic (exact) mass is 457 g/mol. The van der Waals surface area contributed by atoms with Crippen LogP contribution < -0.4 is 10.1 Å². The maximum Gasteiger partial charge on any atom is 0.251 e. The number of hydrogen-bond acceptors (Lipinski definition) is 5. The Morgan fingerprint density at radius 3 is 2.12 bits per heavy atom. The lowest BCUT2D eigenvalue weighted by Crippen LogP contribution is -2.36. The smallest absolute Gasteiger partial charge is 0.251 e. The predicted molar refractivity (Wildman–Crippen MR) is 123 cm³/mol. The van der Waals surface area contributed by atoms with E-state index in [1.54, 1.807) is 19.2 Å². The van der Waals surface area contributed by atoms with Crippen LogP contribution in [-0.2, 0) is 10.0 Å². The van der Waals surface area contributed by atoms with E-state index in [9.17, 15) is 13.2 Å². The molecule has 32 heavy (non-hydrogen) atoms. The number of ether oxygens (including phenoxy) is 1. The fraction of sp³-hybridized carbons (Fsp3) is 0.458. The van der Waals surface area contributed by atoms with Gasteiger partial charge in [0.15, 0.2) is 0 Å². The zero-order valence-corrected chi connectivity index (χ0v) is 19.3. The topological polar surface area (TPSA) is 78.9 Å². The highest BCUT2D eigenvalue weighted by Gasteiger charge is 2.27. The number of likely N-dealkylation sites (tertiary alicyclic amines) is 1. The highest BCUT2D eigenvalue weighted by atomic mass is 32.2. The summed E-state index contributed by atoms with van der Waals surface area (Å²) in [6, 6.07) is 14.3. The zero-order valence-electron chi connectivity index (χ0n) is 18.5. The van der Waals surface area contributed by atoms with Gasteiger partial charge in [0.1, 0.15) is 5.75 Å². The average molecular weight is 458 g/mol. The van der Waals surface area contributed by atoms with Crippen molar-refractivity contribution < 1.29 is 17.9 Å². The van der Waals surface area contributed by atoms with Crippen molar-refractivity contribution in [3.05, 3.63) is 59.7 Å². The van der Waals surface area contributed by atoms with E-state index < -0.39 is 10.0 Å². The molecule has 2 aromatic carbocycles. The summed E-state index contributed by atoms with van der Waals surface area (Å²) in [6.07, 6.45) is 4.11. The summed E-state index contributed by atoms with van der Waals surface area (Å²) in [6.45, 7) is 3.63. The van der Waals surface area contributed by atoms with Gasteiger partial charge in [-0.2, -0.15) is 4.31 Å². The third-order valence-electron chi connectivity index (χ3n) is 6.36. The second kappa shape index (κ2) is 10.0. The highest BCUT2D eigenvalue weighted by Crippen LogP contribution is 2.26. The van der Waals surface area contributed by atoms with Crippen LogP contribution >= 0.6 is 0 Å². The SMILES string of the molecule is COc1ccc([C@@H](CNC(=O)c2ccc(S(=O)(=O)N3CCCC3)cc2)N2CCCC2)cc1. The second-order valence-electron chi connectivity index (χ2n) is 8.38. The summed E-state index contributed by atoms with van der Waals surface area (Å²) in [5, 5.41) is 3.04. The number of rotatable bonds is 8. The van der Waals surface area contributed by atoms with E-state index in [1.165, 1.54) is 16.4 Å². The molecule has 2 aliphatic heterocycles. The van der Waals surface area contributed by atoms with E-state index in [-0.39, 0.29) is 16.8 Å². The van der Waals surface area contributed by atoms with Crippen LogP contribution in [0.3, 0.4) is 0 Å². The van der Waals surface area contributed by atoms with Crippen LogP contribution in [0.25, 0.3) is 0 Å². The molecule has 0 bridgehead atoms. The standard InChI is InChI=1S/C24H31N3O4S/c1-31-21-10-6-19(7-11-21)23(26-14-2-3-15-26)18-25-24(28)20-8-12-22(13-9-20)32(29,30)27-16-4-5-17-27/h6-13,23H,2-5,14-18H2,1H3,(H,25,28)/t23-/m1/s1. The summed E-state index contributed by atoms with van der Waals surface area (Å²) < 4.78 is 32.2. The van der Waals surface area contributed by atoms with Gasteiger partial charge < -0.3 is 10.1 Å². The van der Waals surface area contributed by atoms with Gasteiger partial charge in [0.05, 0.1) is 18.0 Å². The van der Waals surface area contributed by atoms with Crippen molar-refractivity contribution >= 4 is 15.9 Å². The molecule has 0 saturated carbocycles. The molecule has 2 aromatic rings. The van der Waals surface area contributed by atoms with Gasteiger partial charge in [-0.1, -0.05) is 12.1 Å². The van der Waals surface area contributed by atoms with Crippen molar-refractivity contribution in [1.82, 2.24) is 14.5 Å². The number of benzene rings is 2. The first-order valence-electron chi connectivity index (χ1n) is 11.3. The molecule has 1 amide bonds. The molecule has 4 rings (SSSR count). The Balaban J connectivity index is 1.43. The lowest BCUT2D eigenvalue weighted by molar-refractivity contribution is 0.0937. The van der Waals surface area contributed by atoms with Gasteiger partial charge >= 0.3 is 0 Å². The minimum atomic E-state index is -3.48. The molecular weight excluding hydrogens is 426 g/mol. The Labute approximate surface area is 190 Å². The van der Waals surface area contributed by atoms with Crippen molar-refractivity contribution in [1.29, 1.82) is 0 Å². The molecule has 2 aliphatic rings. The summed E-state index contributed by atoms with van der Waals surface area (Å²) >= 11 is 0. The van der Waals surface area contributed by atoms with Crippen molar-refractivity contribution in [3.8, 4) is 5.75 Å². The molecule has 0 aromatic heterocycles. The summed E-state index contributed by atoms with van der Waals surface area (Å²) in [7, 11) is -1.83. The fourth-order valence-corrected chi connectivity index (χ4v) is 6.00. The van der Waals surface area contributed by atoms with E-state index in [2.05, 4.69) is 10.2 Å². The van der Waals surface area contributed by atoms with Crippen molar-refractivity contribution in [2.45, 2.75) is 36.6 Å². The number of methoxy groups -OCH3 is 1. The number of nitrogens with one attached hydrogen (secondary N) is 1. The van der Waals surface area contributed by atoms with E-state index in [0.29, 0.717) is 25.2 Å². The molecule has 7 nitrogen and oxygen atoms in total. The normalized spacial score (nSPS) is 18.5. The number of hydrogen-bond donors (Lipinski definition) is 1. The van der Waals surface area contributed by atoms with Crippen LogP contribution in [0.15, 0.2) is 53.4 Å². The molecule has 2 fully saturated rings. The van der Waals surface area contributed by atoms with E-state index in [1.807, 2.05) is 24.3 Å². The van der Waals surface area contributed by atoms with Crippen LogP contribution in [-0.4, -0.2) is 63.4 Å². The number of sulfonamides is 1. The lowest BCUT2D eigenvalue weighted by Gasteiger charge is -2.28. The van der Waals surface area contributed by atoms with Gasteiger partial charge in [-0.15, -0.1) is 0 Å². The molecule has 0 aliphatic carbocycles. The van der Waals surface area contributed by atoms with Gasteiger partial charge in [-0.3, -0.25) is 9.69 Å². The van der Waals surface area contributed by atoms with Crippen LogP contribution in [0.5, 0.6) is 5.75 Å². The molecule has 8 heteroatoms. The van der Waals surface area contributed by atoms with Gasteiger partial charge in [-0.25, -0.2) is 8.42 Å². The average Bonchev–Trinajstić information content (AvgIpc) is 3.55. The van der Waals surface area contributed by atoms with Crippen LogP contribution in [0.1, 0.15) is 47.6 Å². The van der Waals surface area contributed by atoms with E-state index in [0.717, 1.165) is 50.1 Å². The minimum Gasteiger partial charge on any atom is -0.497 e. The molecule has 2 saturated heterocycles. The Morgan fingerprint density at radius 1 is 0.938 bits per heavy atom. The van der Waals surface area contributed by atoms with Gasteiger partial charge in [-0.05, 0) is 80.7 Å². The molecule has 0 radical (unpaired) electrons. The molecule has 2 heterocycles. The fourth-order valence-electron chi connectivity index (χ4n) is 4.48. The van der Waals surface area contributed by atoms with Crippen molar-refractivity contribution in [2.24, 2.45) is 0 Å². The van der Waals surface area contributed by atoms with Gasteiger partial charge in [0.25, 0.3) is 5.91 Å². The maximum absolute atomic E-state index is 12.8. The van der Waals surface area contributed by atoms with Crippen LogP contribution in [0, 0.1) is 0 Å². The Bertz CT molecular complexity index is 1010. The van der Waals surface area contributed by atoms with E-state index >= 15 is 0 Å². The van der Waals surface area contributed by atoms with Gasteiger partial charge in [0.2, 0.25) is 10.0 Å². The first-order valence-corrected chi connectivity index (χ1v) is 12.7. The molecule has 0 spiro atoms. The lowest BCUT2D eigenvalue weighted by atomic mass is 10.0. The second-order valence-corrected chi connectivity index (χ2v) is 10.3. The predicted octanol–water partition coefficient (Wildman–Crippen LogP) is 3.05. The maximum atomic E-state index is 12.8. The highest BCUT2D eigenvalue weighted by molar-refractivity contribution is 7.89. The molecular formula is C24H31N3O4S.